The van der Waals surface area contributed by atoms with Crippen molar-refractivity contribution in [2.45, 2.75) is 19.3 Å². The summed E-state index contributed by atoms with van der Waals surface area (Å²) >= 11 is 1.13. The van der Waals surface area contributed by atoms with Gasteiger partial charge in [0.1, 0.15) is 0 Å². The summed E-state index contributed by atoms with van der Waals surface area (Å²) in [6.07, 6.45) is 2.39. The first-order chi connectivity index (χ1) is 6.62. The number of carbonyl (C=O) groups excluding carboxylic acids is 2. The van der Waals surface area contributed by atoms with Crippen LogP contribution in [0.1, 0.15) is 19.3 Å². The minimum Gasteiger partial charge on any atom is -0.469 e. The molecule has 14 heavy (non-hydrogen) atoms. The Bertz CT molecular complexity index is 235. The Morgan fingerprint density at radius 3 is 2.36 bits per heavy atom. The molecule has 1 aliphatic carbocycles. The number of hydrogen-bond donors (Lipinski definition) is 0. The summed E-state index contributed by atoms with van der Waals surface area (Å²) in [5.41, 5.74) is -0.00799. The molecule has 0 N–H and O–H groups in total. The first kappa shape index (κ1) is 11.4. The molecule has 0 aromatic carbocycles. The molecule has 0 spiro atoms. The molecule has 0 atom stereocenters. The Balaban J connectivity index is 2.29. The van der Waals surface area contributed by atoms with Crippen molar-refractivity contribution < 1.29 is 19.1 Å². The second-order valence-electron chi connectivity index (χ2n) is 3.50. The smallest absolute Gasteiger partial charge is 0.367 e. The first-order valence-corrected chi connectivity index (χ1v) is 5.38. The molecular formula is C9H14O4S. The molecule has 0 amide bonds. The van der Waals surface area contributed by atoms with Gasteiger partial charge in [0.05, 0.1) is 20.6 Å². The van der Waals surface area contributed by atoms with Gasteiger partial charge in [0.2, 0.25) is 0 Å². The lowest BCUT2D eigenvalue weighted by Gasteiger charge is -2.11. The fourth-order valence-corrected chi connectivity index (χ4v) is 2.13. The molecule has 1 saturated carbocycles. The van der Waals surface area contributed by atoms with Crippen LogP contribution >= 0.6 is 11.8 Å². The minimum absolute atomic E-state index is 0.00799. The van der Waals surface area contributed by atoms with Crippen LogP contribution in [0.2, 0.25) is 0 Å². The van der Waals surface area contributed by atoms with Gasteiger partial charge in [0.15, 0.2) is 0 Å². The number of methoxy groups -OCH3 is 2. The van der Waals surface area contributed by atoms with E-state index in [2.05, 4.69) is 9.47 Å². The summed E-state index contributed by atoms with van der Waals surface area (Å²) in [4.78, 5) is 21.9. The largest absolute Gasteiger partial charge is 0.469 e. The van der Waals surface area contributed by atoms with E-state index in [0.717, 1.165) is 24.6 Å². The van der Waals surface area contributed by atoms with Crippen molar-refractivity contribution in [3.63, 3.8) is 0 Å². The van der Waals surface area contributed by atoms with Crippen molar-refractivity contribution in [1.82, 2.24) is 0 Å². The standard InChI is InChI=1S/C9H14O4S/c1-12-7(10)5-9(3-4-9)6-14-8(11)13-2/h3-6H2,1-2H3. The van der Waals surface area contributed by atoms with E-state index in [1.165, 1.54) is 14.2 Å². The molecule has 1 rings (SSSR count). The summed E-state index contributed by atoms with van der Waals surface area (Å²) in [7, 11) is 2.74. The van der Waals surface area contributed by atoms with Gasteiger partial charge in [-0.05, 0) is 30.0 Å². The van der Waals surface area contributed by atoms with Gasteiger partial charge in [-0.3, -0.25) is 4.79 Å². The van der Waals surface area contributed by atoms with Crippen LogP contribution in [0.4, 0.5) is 4.79 Å². The Morgan fingerprint density at radius 1 is 1.29 bits per heavy atom. The average Bonchev–Trinajstić information content (AvgIpc) is 2.94. The van der Waals surface area contributed by atoms with Crippen LogP contribution in [-0.4, -0.2) is 31.2 Å². The van der Waals surface area contributed by atoms with Gasteiger partial charge in [0.25, 0.3) is 0 Å². The monoisotopic (exact) mass is 218 g/mol. The van der Waals surface area contributed by atoms with Crippen molar-refractivity contribution in [2.75, 3.05) is 20.0 Å². The van der Waals surface area contributed by atoms with Gasteiger partial charge in [-0.15, -0.1) is 0 Å². The highest BCUT2D eigenvalue weighted by Gasteiger charge is 2.45. The predicted octanol–water partition coefficient (Wildman–Crippen LogP) is 1.83. The summed E-state index contributed by atoms with van der Waals surface area (Å²) < 4.78 is 9.11. The number of ether oxygens (including phenoxy) is 2. The first-order valence-electron chi connectivity index (χ1n) is 4.39. The topological polar surface area (TPSA) is 52.6 Å². The van der Waals surface area contributed by atoms with Gasteiger partial charge in [-0.2, -0.15) is 0 Å². The van der Waals surface area contributed by atoms with Crippen LogP contribution in [0.15, 0.2) is 0 Å². The predicted molar refractivity (Wildman–Crippen MR) is 53.2 cm³/mol. The van der Waals surface area contributed by atoms with Crippen molar-refractivity contribution in [3.05, 3.63) is 0 Å². The Kier molecular flexibility index (Phi) is 3.80. The van der Waals surface area contributed by atoms with Crippen LogP contribution in [0.5, 0.6) is 0 Å². The van der Waals surface area contributed by atoms with E-state index in [9.17, 15) is 9.59 Å². The van der Waals surface area contributed by atoms with E-state index in [1.54, 1.807) is 0 Å². The molecule has 0 heterocycles. The highest BCUT2D eigenvalue weighted by Crippen LogP contribution is 2.51. The maximum atomic E-state index is 11.0. The fraction of sp³-hybridized carbons (Fsp3) is 0.778. The Hall–Kier alpha value is -0.710. The van der Waals surface area contributed by atoms with E-state index in [4.69, 9.17) is 0 Å². The number of hydrogen-bond acceptors (Lipinski definition) is 5. The number of thioether (sulfide) groups is 1. The molecule has 0 unspecified atom stereocenters. The SMILES string of the molecule is COC(=O)CC1(CSC(=O)OC)CC1. The number of esters is 1. The molecule has 0 aromatic rings. The van der Waals surface area contributed by atoms with Crippen molar-refractivity contribution in [3.8, 4) is 0 Å². The molecule has 4 nitrogen and oxygen atoms in total. The quantitative estimate of drug-likeness (QED) is 0.674. The van der Waals surface area contributed by atoms with Crippen molar-refractivity contribution in [1.29, 1.82) is 0 Å². The van der Waals surface area contributed by atoms with Gasteiger partial charge >= 0.3 is 11.3 Å². The molecule has 80 valence electrons. The minimum atomic E-state index is -0.291. The molecular weight excluding hydrogens is 204 g/mol. The Morgan fingerprint density at radius 2 is 1.93 bits per heavy atom. The average molecular weight is 218 g/mol. The van der Waals surface area contributed by atoms with Crippen LogP contribution < -0.4 is 0 Å². The maximum absolute atomic E-state index is 11.0. The van der Waals surface area contributed by atoms with Crippen LogP contribution in [0.25, 0.3) is 0 Å². The van der Waals surface area contributed by atoms with Gasteiger partial charge < -0.3 is 9.47 Å². The van der Waals surface area contributed by atoms with Crippen LogP contribution in [-0.2, 0) is 14.3 Å². The Labute approximate surface area is 87.3 Å². The number of rotatable bonds is 4. The zero-order chi connectivity index (χ0) is 10.6. The van der Waals surface area contributed by atoms with Gasteiger partial charge in [-0.1, -0.05) is 0 Å². The van der Waals surface area contributed by atoms with E-state index in [1.807, 2.05) is 0 Å². The second-order valence-corrected chi connectivity index (χ2v) is 4.41. The summed E-state index contributed by atoms with van der Waals surface area (Å²) in [6, 6.07) is 0. The molecule has 1 fully saturated rings. The molecule has 0 saturated heterocycles. The molecule has 0 radical (unpaired) electrons. The molecule has 0 aliphatic heterocycles. The molecule has 5 heteroatoms. The van der Waals surface area contributed by atoms with Crippen molar-refractivity contribution >= 4 is 23.0 Å². The maximum Gasteiger partial charge on any atom is 0.367 e. The van der Waals surface area contributed by atoms with E-state index >= 15 is 0 Å². The van der Waals surface area contributed by atoms with Crippen molar-refractivity contribution in [2.24, 2.45) is 5.41 Å². The van der Waals surface area contributed by atoms with E-state index in [0.29, 0.717) is 12.2 Å². The highest BCUT2D eigenvalue weighted by atomic mass is 32.2. The van der Waals surface area contributed by atoms with Crippen LogP contribution in [0, 0.1) is 5.41 Å². The molecule has 1 aliphatic rings. The summed E-state index contributed by atoms with van der Waals surface area (Å²) in [5.74, 6) is 0.447. The third-order valence-electron chi connectivity index (χ3n) is 2.37. The normalized spacial score (nSPS) is 17.3. The fourth-order valence-electron chi connectivity index (χ4n) is 1.20. The molecule has 0 aromatic heterocycles. The lowest BCUT2D eigenvalue weighted by Crippen LogP contribution is -2.14. The highest BCUT2D eigenvalue weighted by molar-refractivity contribution is 8.13. The zero-order valence-corrected chi connectivity index (χ0v) is 9.19. The van der Waals surface area contributed by atoms with E-state index < -0.39 is 0 Å². The van der Waals surface area contributed by atoms with Crippen LogP contribution in [0.3, 0.4) is 0 Å². The third-order valence-corrected chi connectivity index (χ3v) is 3.53. The van der Waals surface area contributed by atoms with Gasteiger partial charge in [0, 0.05) is 5.75 Å². The van der Waals surface area contributed by atoms with E-state index in [-0.39, 0.29) is 16.7 Å². The second kappa shape index (κ2) is 4.68. The lowest BCUT2D eigenvalue weighted by atomic mass is 10.1. The third kappa shape index (κ3) is 3.21. The van der Waals surface area contributed by atoms with Gasteiger partial charge in [-0.25, -0.2) is 4.79 Å². The zero-order valence-electron chi connectivity index (χ0n) is 8.37. The summed E-state index contributed by atoms with van der Waals surface area (Å²) in [5, 5.41) is -0.291. The molecule has 0 bridgehead atoms. The summed E-state index contributed by atoms with van der Waals surface area (Å²) in [6.45, 7) is 0. The number of carbonyl (C=O) groups is 2. The lowest BCUT2D eigenvalue weighted by molar-refractivity contribution is -0.141.